The van der Waals surface area contributed by atoms with Crippen molar-refractivity contribution in [3.05, 3.63) is 34.4 Å². The Morgan fingerprint density at radius 1 is 1.56 bits per heavy atom. The van der Waals surface area contributed by atoms with E-state index in [1.54, 1.807) is 12.1 Å². The summed E-state index contributed by atoms with van der Waals surface area (Å²) in [5.74, 6) is 0.774. The Bertz CT molecular complexity index is 357. The summed E-state index contributed by atoms with van der Waals surface area (Å²) in [6.07, 6.45) is 1.19. The number of rotatable bonds is 6. The minimum atomic E-state index is -0.398. The zero-order valence-electron chi connectivity index (χ0n) is 9.13. The molecule has 0 aliphatic heterocycles. The van der Waals surface area contributed by atoms with Crippen molar-refractivity contribution in [2.45, 2.75) is 30.8 Å². The number of non-ortho nitro benzene ring substituents is 1. The summed E-state index contributed by atoms with van der Waals surface area (Å²) in [6.45, 7) is 1.93. The lowest BCUT2D eigenvalue weighted by atomic mass is 10.2. The van der Waals surface area contributed by atoms with Crippen molar-refractivity contribution >= 4 is 17.4 Å². The Morgan fingerprint density at radius 2 is 2.31 bits per heavy atom. The van der Waals surface area contributed by atoms with Gasteiger partial charge in [0, 0.05) is 22.8 Å². The second-order valence-corrected chi connectivity index (χ2v) is 4.62. The van der Waals surface area contributed by atoms with Crippen LogP contribution in [0.15, 0.2) is 29.2 Å². The van der Waals surface area contributed by atoms with Crippen LogP contribution >= 0.6 is 11.8 Å². The quantitative estimate of drug-likeness (QED) is 0.472. The van der Waals surface area contributed by atoms with E-state index in [4.69, 9.17) is 0 Å². The number of benzene rings is 1. The molecule has 1 rings (SSSR count). The molecule has 1 atom stereocenters. The Morgan fingerprint density at radius 3 is 2.94 bits per heavy atom. The maximum absolute atomic E-state index is 10.5. The smallest absolute Gasteiger partial charge is 0.270 e. The van der Waals surface area contributed by atoms with Gasteiger partial charge >= 0.3 is 0 Å². The average molecular weight is 241 g/mol. The highest BCUT2D eigenvalue weighted by atomic mass is 32.2. The SMILES string of the molecule is CCC(O)CCSc1cccc([N+](=O)[O-])c1. The lowest BCUT2D eigenvalue weighted by Crippen LogP contribution is -2.04. The number of nitro groups is 1. The van der Waals surface area contributed by atoms with Crippen LogP contribution in [-0.4, -0.2) is 21.9 Å². The summed E-state index contributed by atoms with van der Waals surface area (Å²) in [7, 11) is 0. The lowest BCUT2D eigenvalue weighted by Gasteiger charge is -2.06. The van der Waals surface area contributed by atoms with E-state index in [9.17, 15) is 15.2 Å². The molecule has 0 heterocycles. The predicted octanol–water partition coefficient (Wildman–Crippen LogP) is 2.85. The first-order valence-electron chi connectivity index (χ1n) is 5.18. The molecule has 0 bridgehead atoms. The van der Waals surface area contributed by atoms with Gasteiger partial charge in [-0.3, -0.25) is 10.1 Å². The minimum absolute atomic E-state index is 0.112. The maximum atomic E-state index is 10.5. The monoisotopic (exact) mass is 241 g/mol. The number of nitrogens with zero attached hydrogens (tertiary/aromatic N) is 1. The molecule has 4 nitrogen and oxygen atoms in total. The molecule has 0 aliphatic carbocycles. The fourth-order valence-corrected chi connectivity index (χ4v) is 2.21. The van der Waals surface area contributed by atoms with Gasteiger partial charge in [0.1, 0.15) is 0 Å². The van der Waals surface area contributed by atoms with Crippen LogP contribution in [-0.2, 0) is 0 Å². The predicted molar refractivity (Wildman–Crippen MR) is 64.7 cm³/mol. The molecular weight excluding hydrogens is 226 g/mol. The third-order valence-electron chi connectivity index (χ3n) is 2.22. The molecule has 0 radical (unpaired) electrons. The number of thioether (sulfide) groups is 1. The van der Waals surface area contributed by atoms with E-state index in [2.05, 4.69) is 0 Å². The summed E-state index contributed by atoms with van der Waals surface area (Å²) < 4.78 is 0. The largest absolute Gasteiger partial charge is 0.393 e. The van der Waals surface area contributed by atoms with Crippen molar-refractivity contribution in [3.8, 4) is 0 Å². The second kappa shape index (κ2) is 6.50. The van der Waals surface area contributed by atoms with Crippen LogP contribution in [0.1, 0.15) is 19.8 Å². The first kappa shape index (κ1) is 13.0. The molecular formula is C11H15NO3S. The fraction of sp³-hybridized carbons (Fsp3) is 0.455. The van der Waals surface area contributed by atoms with Crippen LogP contribution in [0.5, 0.6) is 0 Å². The van der Waals surface area contributed by atoms with Crippen molar-refractivity contribution in [1.29, 1.82) is 0 Å². The fourth-order valence-electron chi connectivity index (χ4n) is 1.20. The molecule has 0 saturated heterocycles. The maximum Gasteiger partial charge on any atom is 0.270 e. The third kappa shape index (κ3) is 4.20. The first-order valence-corrected chi connectivity index (χ1v) is 6.17. The molecule has 0 amide bonds. The molecule has 0 aromatic heterocycles. The number of hydrogen-bond acceptors (Lipinski definition) is 4. The van der Waals surface area contributed by atoms with Crippen molar-refractivity contribution < 1.29 is 10.0 Å². The van der Waals surface area contributed by atoms with Gasteiger partial charge in [0.2, 0.25) is 0 Å². The van der Waals surface area contributed by atoms with Crippen LogP contribution in [0.4, 0.5) is 5.69 Å². The molecule has 0 aliphatic rings. The molecule has 1 N–H and O–H groups in total. The molecule has 88 valence electrons. The van der Waals surface area contributed by atoms with Crippen LogP contribution in [0.3, 0.4) is 0 Å². The van der Waals surface area contributed by atoms with E-state index < -0.39 is 4.92 Å². The Balaban J connectivity index is 2.48. The highest BCUT2D eigenvalue weighted by Gasteiger charge is 2.06. The van der Waals surface area contributed by atoms with Gasteiger partial charge in [0.05, 0.1) is 11.0 Å². The van der Waals surface area contributed by atoms with E-state index in [1.807, 2.05) is 13.0 Å². The molecule has 0 fully saturated rings. The summed E-state index contributed by atoms with van der Waals surface area (Å²) in [6, 6.07) is 6.56. The molecule has 1 unspecified atom stereocenters. The molecule has 16 heavy (non-hydrogen) atoms. The standard InChI is InChI=1S/C11H15NO3S/c1-2-10(13)6-7-16-11-5-3-4-9(8-11)12(14)15/h3-5,8,10,13H,2,6-7H2,1H3. The Kier molecular flexibility index (Phi) is 5.28. The highest BCUT2D eigenvalue weighted by Crippen LogP contribution is 2.23. The van der Waals surface area contributed by atoms with Gasteiger partial charge in [-0.2, -0.15) is 0 Å². The summed E-state index contributed by atoms with van der Waals surface area (Å²) in [5, 5.41) is 19.9. The van der Waals surface area contributed by atoms with Crippen LogP contribution in [0.25, 0.3) is 0 Å². The van der Waals surface area contributed by atoms with E-state index in [-0.39, 0.29) is 11.8 Å². The summed E-state index contributed by atoms with van der Waals surface area (Å²) in [5.41, 5.74) is 0.112. The van der Waals surface area contributed by atoms with Gasteiger partial charge in [-0.15, -0.1) is 11.8 Å². The van der Waals surface area contributed by atoms with Gasteiger partial charge in [-0.1, -0.05) is 13.0 Å². The van der Waals surface area contributed by atoms with Crippen molar-refractivity contribution in [3.63, 3.8) is 0 Å². The van der Waals surface area contributed by atoms with Crippen LogP contribution in [0.2, 0.25) is 0 Å². The molecule has 0 saturated carbocycles. The van der Waals surface area contributed by atoms with Gasteiger partial charge < -0.3 is 5.11 Å². The van der Waals surface area contributed by atoms with Crippen molar-refractivity contribution in [1.82, 2.24) is 0 Å². The lowest BCUT2D eigenvalue weighted by molar-refractivity contribution is -0.385. The zero-order chi connectivity index (χ0) is 12.0. The summed E-state index contributed by atoms with van der Waals surface area (Å²) >= 11 is 1.53. The van der Waals surface area contributed by atoms with E-state index in [0.29, 0.717) is 6.42 Å². The van der Waals surface area contributed by atoms with Crippen LogP contribution < -0.4 is 0 Å². The second-order valence-electron chi connectivity index (χ2n) is 3.45. The van der Waals surface area contributed by atoms with Crippen molar-refractivity contribution in [2.24, 2.45) is 0 Å². The summed E-state index contributed by atoms with van der Waals surface area (Å²) in [4.78, 5) is 11.0. The first-order chi connectivity index (χ1) is 7.63. The van der Waals surface area contributed by atoms with Gasteiger partial charge in [-0.25, -0.2) is 0 Å². The van der Waals surface area contributed by atoms with E-state index in [0.717, 1.165) is 17.1 Å². The number of aliphatic hydroxyl groups is 1. The van der Waals surface area contributed by atoms with Crippen LogP contribution in [0, 0.1) is 10.1 Å². The average Bonchev–Trinajstić information content (AvgIpc) is 2.29. The Hall–Kier alpha value is -1.07. The van der Waals surface area contributed by atoms with E-state index in [1.165, 1.54) is 17.8 Å². The van der Waals surface area contributed by atoms with Gasteiger partial charge in [0.25, 0.3) is 5.69 Å². The third-order valence-corrected chi connectivity index (χ3v) is 3.25. The molecule has 0 spiro atoms. The minimum Gasteiger partial charge on any atom is -0.393 e. The van der Waals surface area contributed by atoms with Gasteiger partial charge in [0.15, 0.2) is 0 Å². The Labute approximate surface area is 98.8 Å². The number of aliphatic hydroxyl groups excluding tert-OH is 1. The molecule has 5 heteroatoms. The number of nitro benzene ring substituents is 1. The van der Waals surface area contributed by atoms with Crippen molar-refractivity contribution in [2.75, 3.05) is 5.75 Å². The molecule has 1 aromatic rings. The number of hydrogen-bond donors (Lipinski definition) is 1. The topological polar surface area (TPSA) is 63.4 Å². The zero-order valence-corrected chi connectivity index (χ0v) is 9.94. The normalized spacial score (nSPS) is 12.4. The highest BCUT2D eigenvalue weighted by molar-refractivity contribution is 7.99. The van der Waals surface area contributed by atoms with Gasteiger partial charge in [-0.05, 0) is 18.9 Å². The van der Waals surface area contributed by atoms with E-state index >= 15 is 0 Å². The molecule has 1 aromatic carbocycles.